The van der Waals surface area contributed by atoms with Gasteiger partial charge in [0.05, 0.1) is 5.71 Å². The number of aryl methyl sites for hydroxylation is 3. The van der Waals surface area contributed by atoms with Gasteiger partial charge in [-0.15, -0.1) is 21.5 Å². The van der Waals surface area contributed by atoms with Crippen LogP contribution in [0.3, 0.4) is 0 Å². The molecule has 1 N–H and O–H groups in total. The molecule has 1 aliphatic carbocycles. The number of piperidine rings is 2. The van der Waals surface area contributed by atoms with Crippen LogP contribution >= 0.6 is 11.3 Å². The number of phenolic OH excluding ortho intramolecular Hbond substituents is 1. The Hall–Kier alpha value is -5.25. The Morgan fingerprint density at radius 3 is 2.22 bits per heavy atom. The van der Waals surface area contributed by atoms with Gasteiger partial charge in [0.25, 0.3) is 0 Å². The number of anilines is 2. The van der Waals surface area contributed by atoms with Crippen molar-refractivity contribution in [2.24, 2.45) is 16.3 Å². The Bertz CT molecular complexity index is 2630. The second-order valence-corrected chi connectivity index (χ2v) is 20.7. The maximum atomic E-state index is 10.3. The van der Waals surface area contributed by atoms with Crippen molar-refractivity contribution in [2.45, 2.75) is 90.5 Å². The van der Waals surface area contributed by atoms with E-state index in [1.807, 2.05) is 30.4 Å². The van der Waals surface area contributed by atoms with Crippen molar-refractivity contribution in [3.8, 4) is 10.8 Å². The lowest BCUT2D eigenvalue weighted by atomic mass is 9.69. The molecule has 6 aromatic rings. The molecule has 4 aliphatic heterocycles. The maximum absolute atomic E-state index is 10.3. The molecule has 63 heavy (non-hydrogen) atoms. The third-order valence-electron chi connectivity index (χ3n) is 15.8. The molecule has 324 valence electrons. The van der Waals surface area contributed by atoms with Crippen LogP contribution < -0.4 is 9.80 Å². The minimum atomic E-state index is -0.0697. The maximum Gasteiger partial charge on any atom is 0.162 e. The van der Waals surface area contributed by atoms with Gasteiger partial charge in [0, 0.05) is 66.0 Å². The summed E-state index contributed by atoms with van der Waals surface area (Å²) in [5.41, 5.74) is 13.3. The minimum absolute atomic E-state index is 0.0697. The molecule has 3 atom stereocenters. The average molecular weight is 856 g/mol. The summed E-state index contributed by atoms with van der Waals surface area (Å²) in [7, 11) is 0. The lowest BCUT2D eigenvalue weighted by molar-refractivity contribution is 0.101. The van der Waals surface area contributed by atoms with Gasteiger partial charge in [0.2, 0.25) is 0 Å². The van der Waals surface area contributed by atoms with Crippen molar-refractivity contribution in [2.75, 3.05) is 55.6 Å². The predicted octanol–water partition coefficient (Wildman–Crippen LogP) is 10.9. The standard InChI is InChI=1S/C54H61N7OS/c1-35-37(3)63-53-49(35)51(55-36(2)52-57-56-38(4)61(52)53)42-12-17-45(18-13-42)60-31-26-54(34-60)24-29-58(30-25-54)33-39-22-27-59(28-23-39)44-15-10-41(11-16-44)50-47(40-8-6-5-7-9-40)20-14-43-32-46(62)19-21-48(43)50/h5-13,15-19,21,32,36,39,47,50,62H,14,20,22-31,33-34H2,1-4H3/t36-,47+,50-/m0/s1. The fraction of sp³-hybridized carbons (Fsp3) is 0.426. The normalized spacial score (nSPS) is 22.4. The molecular formula is C54H61N7OS. The van der Waals surface area contributed by atoms with Crippen molar-refractivity contribution in [3.05, 3.63) is 153 Å². The Labute approximate surface area is 377 Å². The lowest BCUT2D eigenvalue weighted by Crippen LogP contribution is -2.45. The number of phenols is 1. The molecule has 6 heterocycles. The molecule has 5 aliphatic rings. The molecule has 2 aromatic heterocycles. The monoisotopic (exact) mass is 855 g/mol. The second-order valence-electron chi connectivity index (χ2n) is 19.5. The molecule has 0 amide bonds. The first-order chi connectivity index (χ1) is 30.7. The number of hydrogen-bond donors (Lipinski definition) is 1. The van der Waals surface area contributed by atoms with E-state index in [1.54, 1.807) is 0 Å². The molecule has 11 rings (SSSR count). The summed E-state index contributed by atoms with van der Waals surface area (Å²) in [5.74, 6) is 3.70. The lowest BCUT2D eigenvalue weighted by Gasteiger charge is -2.42. The molecule has 1 spiro atoms. The minimum Gasteiger partial charge on any atom is -0.508 e. The quantitative estimate of drug-likeness (QED) is 0.172. The van der Waals surface area contributed by atoms with Gasteiger partial charge < -0.3 is 19.8 Å². The first kappa shape index (κ1) is 40.5. The number of aliphatic imine (C=N–C) groups is 1. The summed E-state index contributed by atoms with van der Waals surface area (Å²) >= 11 is 1.82. The number of nitrogens with zero attached hydrogens (tertiary/aromatic N) is 7. The molecule has 9 heteroatoms. The Morgan fingerprint density at radius 1 is 0.746 bits per heavy atom. The number of likely N-dealkylation sites (tertiary alicyclic amines) is 1. The molecule has 8 nitrogen and oxygen atoms in total. The molecule has 0 saturated carbocycles. The zero-order chi connectivity index (χ0) is 42.8. The highest BCUT2D eigenvalue weighted by Gasteiger charge is 2.41. The molecular weight excluding hydrogens is 795 g/mol. The van der Waals surface area contributed by atoms with Gasteiger partial charge in [-0.25, -0.2) is 0 Å². The molecule has 0 bridgehead atoms. The molecule has 3 fully saturated rings. The topological polar surface area (TPSA) is 73.0 Å². The van der Waals surface area contributed by atoms with Crippen LogP contribution in [0.4, 0.5) is 11.4 Å². The molecule has 4 aromatic carbocycles. The molecule has 0 unspecified atom stereocenters. The van der Waals surface area contributed by atoms with Gasteiger partial charge in [0.1, 0.15) is 22.6 Å². The third kappa shape index (κ3) is 7.49. The van der Waals surface area contributed by atoms with Crippen molar-refractivity contribution >= 4 is 28.4 Å². The SMILES string of the molecule is Cc1sc2c(c1C)C(c1ccc(N3CCC4(CCN(CC5CCN(c6ccc([C@@H]7c8ccc(O)cc8CC[C@@H]7c7ccccc7)cc6)CC5)CC4)C3)cc1)=N[C@@H](C)c1nnc(C)n1-2. The Kier molecular flexibility index (Phi) is 10.5. The summed E-state index contributed by atoms with van der Waals surface area (Å²) in [4.78, 5) is 14.7. The van der Waals surface area contributed by atoms with Gasteiger partial charge in [0.15, 0.2) is 5.82 Å². The summed E-state index contributed by atoms with van der Waals surface area (Å²) in [6.07, 6.45) is 8.53. The molecule has 0 radical (unpaired) electrons. The van der Waals surface area contributed by atoms with Crippen molar-refractivity contribution in [3.63, 3.8) is 0 Å². The summed E-state index contributed by atoms with van der Waals surface area (Å²) in [6.45, 7) is 16.9. The van der Waals surface area contributed by atoms with E-state index in [1.165, 1.54) is 118 Å². The highest BCUT2D eigenvalue weighted by molar-refractivity contribution is 7.15. The van der Waals surface area contributed by atoms with Crippen molar-refractivity contribution in [1.82, 2.24) is 19.7 Å². The van der Waals surface area contributed by atoms with Gasteiger partial charge in [-0.05, 0) is 167 Å². The summed E-state index contributed by atoms with van der Waals surface area (Å²) in [5, 5.41) is 20.4. The van der Waals surface area contributed by atoms with E-state index in [0.717, 1.165) is 55.8 Å². The van der Waals surface area contributed by atoms with Crippen molar-refractivity contribution in [1.29, 1.82) is 0 Å². The molecule has 3 saturated heterocycles. The number of rotatable bonds is 7. The van der Waals surface area contributed by atoms with Gasteiger partial charge >= 0.3 is 0 Å². The van der Waals surface area contributed by atoms with E-state index in [4.69, 9.17) is 4.99 Å². The van der Waals surface area contributed by atoms with Crippen LogP contribution in [0.1, 0.15) is 119 Å². The Balaban J connectivity index is 0.688. The number of hydrogen-bond acceptors (Lipinski definition) is 8. The van der Waals surface area contributed by atoms with Crippen LogP contribution in [0.25, 0.3) is 5.00 Å². The average Bonchev–Trinajstić information content (AvgIpc) is 3.98. The summed E-state index contributed by atoms with van der Waals surface area (Å²) < 4.78 is 2.22. The highest BCUT2D eigenvalue weighted by atomic mass is 32.1. The van der Waals surface area contributed by atoms with Crippen LogP contribution in [-0.4, -0.2) is 76.3 Å². The van der Waals surface area contributed by atoms with Gasteiger partial charge in [-0.2, -0.15) is 0 Å². The first-order valence-corrected chi connectivity index (χ1v) is 24.4. The number of aromatic hydroxyl groups is 1. The highest BCUT2D eigenvalue weighted by Crippen LogP contribution is 2.48. The summed E-state index contributed by atoms with van der Waals surface area (Å²) in [6, 6.07) is 35.8. The predicted molar refractivity (Wildman–Crippen MR) is 258 cm³/mol. The number of benzene rings is 4. The fourth-order valence-electron chi connectivity index (χ4n) is 12.0. The number of fused-ring (bicyclic) bond motifs is 4. The number of thiophene rings is 1. The third-order valence-corrected chi connectivity index (χ3v) is 17.0. The largest absolute Gasteiger partial charge is 0.508 e. The van der Waals surface area contributed by atoms with Crippen LogP contribution in [0.15, 0.2) is 102 Å². The van der Waals surface area contributed by atoms with E-state index >= 15 is 0 Å². The van der Waals surface area contributed by atoms with Crippen LogP contribution in [0.2, 0.25) is 0 Å². The second kappa shape index (κ2) is 16.4. The smallest absolute Gasteiger partial charge is 0.162 e. The van der Waals surface area contributed by atoms with Crippen LogP contribution in [0.5, 0.6) is 5.75 Å². The van der Waals surface area contributed by atoms with E-state index < -0.39 is 0 Å². The first-order valence-electron chi connectivity index (χ1n) is 23.6. The van der Waals surface area contributed by atoms with Crippen LogP contribution in [-0.2, 0) is 6.42 Å². The van der Waals surface area contributed by atoms with E-state index in [9.17, 15) is 5.11 Å². The zero-order valence-electron chi connectivity index (χ0n) is 37.4. The van der Waals surface area contributed by atoms with Gasteiger partial charge in [-0.3, -0.25) is 9.56 Å². The zero-order valence-corrected chi connectivity index (χ0v) is 38.2. The van der Waals surface area contributed by atoms with E-state index in [-0.39, 0.29) is 12.0 Å². The van der Waals surface area contributed by atoms with Crippen molar-refractivity contribution < 1.29 is 5.11 Å². The van der Waals surface area contributed by atoms with E-state index in [2.05, 4.69) is 135 Å². The van der Waals surface area contributed by atoms with E-state index in [0.29, 0.717) is 17.1 Å². The van der Waals surface area contributed by atoms with Crippen LogP contribution in [0, 0.1) is 32.1 Å². The number of aromatic nitrogens is 3. The Morgan fingerprint density at radius 2 is 1.46 bits per heavy atom. The van der Waals surface area contributed by atoms with Gasteiger partial charge in [-0.1, -0.05) is 60.7 Å². The fourth-order valence-corrected chi connectivity index (χ4v) is 13.2.